The smallest absolute Gasteiger partial charge is 0.212 e. The topological polar surface area (TPSA) is 127 Å². The highest BCUT2D eigenvalue weighted by Crippen LogP contribution is 2.40. The van der Waals surface area contributed by atoms with Gasteiger partial charge in [-0.05, 0) is 71.4 Å². The molecule has 158 valence electrons. The highest BCUT2D eigenvalue weighted by Gasteiger charge is 2.23. The number of nitrogen functional groups attached to an aromatic ring is 1. The van der Waals surface area contributed by atoms with Crippen molar-refractivity contribution in [1.82, 2.24) is 19.3 Å². The van der Waals surface area contributed by atoms with Gasteiger partial charge >= 0.3 is 0 Å². The van der Waals surface area contributed by atoms with Crippen molar-refractivity contribution in [2.24, 2.45) is 0 Å². The van der Waals surface area contributed by atoms with Crippen LogP contribution in [0.15, 0.2) is 48.4 Å². The number of pyridine rings is 3. The number of rotatable bonds is 6. The van der Waals surface area contributed by atoms with Crippen molar-refractivity contribution in [3.05, 3.63) is 59.5 Å². The number of nitrogens with two attached hydrogens (primary N) is 1. The molecule has 0 aliphatic heterocycles. The van der Waals surface area contributed by atoms with E-state index in [2.05, 4.69) is 30.0 Å². The van der Waals surface area contributed by atoms with Crippen LogP contribution < -0.4 is 11.1 Å². The third kappa shape index (κ3) is 5.01. The third-order valence-corrected chi connectivity index (χ3v) is 5.63. The largest absolute Gasteiger partial charge is 0.396 e. The van der Waals surface area contributed by atoms with Crippen LogP contribution in [-0.4, -0.2) is 37.4 Å². The van der Waals surface area contributed by atoms with Crippen molar-refractivity contribution in [2.75, 3.05) is 17.7 Å². The van der Waals surface area contributed by atoms with Crippen LogP contribution in [-0.2, 0) is 11.2 Å². The lowest BCUT2D eigenvalue weighted by Gasteiger charge is -2.10. The molecule has 0 radical (unpaired) electrons. The Balaban J connectivity index is 0.000000239. The highest BCUT2D eigenvalue weighted by molar-refractivity contribution is 7.03. The summed E-state index contributed by atoms with van der Waals surface area (Å²) in [6.45, 7) is 0.0391. The van der Waals surface area contributed by atoms with Crippen molar-refractivity contribution in [2.45, 2.75) is 25.2 Å². The number of hydrogen-bond donors (Lipinski definition) is 3. The summed E-state index contributed by atoms with van der Waals surface area (Å²) in [7, 11) is 0. The van der Waals surface area contributed by atoms with Gasteiger partial charge in [0.1, 0.15) is 11.6 Å². The first kappa shape index (κ1) is 20.8. The minimum Gasteiger partial charge on any atom is -0.396 e. The maximum atomic E-state index is 10.6. The predicted octanol–water partition coefficient (Wildman–Crippen LogP) is 3.40. The lowest BCUT2D eigenvalue weighted by Crippen LogP contribution is -2.01. The van der Waals surface area contributed by atoms with Crippen LogP contribution in [0, 0.1) is 0 Å². The maximum Gasteiger partial charge on any atom is 0.212 e. The summed E-state index contributed by atoms with van der Waals surface area (Å²) < 4.78 is 4.03. The molecule has 1 aliphatic rings. The van der Waals surface area contributed by atoms with E-state index in [4.69, 9.17) is 5.73 Å². The summed E-state index contributed by atoms with van der Waals surface area (Å²) in [4.78, 5) is 23.2. The van der Waals surface area contributed by atoms with Crippen LogP contribution in [0.25, 0.3) is 22.0 Å². The summed E-state index contributed by atoms with van der Waals surface area (Å²) in [5, 5.41) is 15.4. The van der Waals surface area contributed by atoms with Gasteiger partial charge in [-0.2, -0.15) is 0 Å². The number of amides is 1. The molecule has 8 nitrogen and oxygen atoms in total. The lowest BCUT2D eigenvalue weighted by atomic mass is 10.0. The first-order valence-corrected chi connectivity index (χ1v) is 10.7. The van der Waals surface area contributed by atoms with Crippen molar-refractivity contribution in [3.63, 3.8) is 0 Å². The molecule has 0 spiro atoms. The van der Waals surface area contributed by atoms with Crippen LogP contribution in [0.3, 0.4) is 0 Å². The van der Waals surface area contributed by atoms with Crippen LogP contribution >= 0.6 is 11.5 Å². The van der Waals surface area contributed by atoms with Gasteiger partial charge in [0.25, 0.3) is 0 Å². The molecule has 0 aromatic carbocycles. The van der Waals surface area contributed by atoms with Gasteiger partial charge < -0.3 is 16.2 Å². The molecular formula is C22H22N6O2S. The number of nitrogens with zero attached hydrogens (tertiary/aromatic N) is 4. The molecule has 1 amide bonds. The molecule has 31 heavy (non-hydrogen) atoms. The SMILES string of the molecule is Nc1nc(-c2cnccc2CCO)cc2cc(NC=O)ncc12.c1nscc1C1CC1. The number of nitrogens with one attached hydrogen (secondary N) is 1. The quantitative estimate of drug-likeness (QED) is 0.397. The van der Waals surface area contributed by atoms with Gasteiger partial charge in [0, 0.05) is 47.7 Å². The Labute approximate surface area is 183 Å². The van der Waals surface area contributed by atoms with Crippen molar-refractivity contribution < 1.29 is 9.90 Å². The monoisotopic (exact) mass is 434 g/mol. The van der Waals surface area contributed by atoms with E-state index in [0.717, 1.165) is 22.4 Å². The van der Waals surface area contributed by atoms with Crippen molar-refractivity contribution in [1.29, 1.82) is 0 Å². The Morgan fingerprint density at radius 2 is 2.13 bits per heavy atom. The number of carbonyl (C=O) groups excluding carboxylic acids is 1. The molecule has 1 fully saturated rings. The molecule has 0 unspecified atom stereocenters. The lowest BCUT2D eigenvalue weighted by molar-refractivity contribution is -0.105. The number of fused-ring (bicyclic) bond motifs is 1. The summed E-state index contributed by atoms with van der Waals surface area (Å²) >= 11 is 1.56. The molecule has 0 bridgehead atoms. The van der Waals surface area contributed by atoms with Gasteiger partial charge in [0.15, 0.2) is 0 Å². The van der Waals surface area contributed by atoms with E-state index < -0.39 is 0 Å². The molecule has 9 heteroatoms. The van der Waals surface area contributed by atoms with Crippen LogP contribution in [0.4, 0.5) is 11.6 Å². The average Bonchev–Trinajstić information content (AvgIpc) is 3.49. The number of carbonyl (C=O) groups is 1. The Morgan fingerprint density at radius 3 is 2.84 bits per heavy atom. The minimum atomic E-state index is 0.0391. The second-order valence-corrected chi connectivity index (χ2v) is 7.84. The van der Waals surface area contributed by atoms with Gasteiger partial charge in [-0.3, -0.25) is 9.78 Å². The first-order valence-electron chi connectivity index (χ1n) is 9.89. The van der Waals surface area contributed by atoms with E-state index in [9.17, 15) is 9.90 Å². The number of aliphatic hydroxyl groups excluding tert-OH is 1. The average molecular weight is 435 g/mol. The molecule has 4 heterocycles. The van der Waals surface area contributed by atoms with Crippen LogP contribution in [0.1, 0.15) is 29.9 Å². The van der Waals surface area contributed by atoms with E-state index >= 15 is 0 Å². The minimum absolute atomic E-state index is 0.0391. The number of aliphatic hydroxyl groups is 1. The van der Waals surface area contributed by atoms with Gasteiger partial charge in [0.05, 0.1) is 5.69 Å². The Morgan fingerprint density at radius 1 is 1.26 bits per heavy atom. The van der Waals surface area contributed by atoms with Gasteiger partial charge in [0.2, 0.25) is 6.41 Å². The molecule has 5 rings (SSSR count). The third-order valence-electron chi connectivity index (χ3n) is 5.02. The summed E-state index contributed by atoms with van der Waals surface area (Å²) in [5.41, 5.74) is 9.90. The standard InChI is InChI=1S/C16H15N5O2.C6H7NS/c17-16-13-8-19-15(20-9-23)6-11(13)5-14(21-16)12-7-18-3-1-10(12)2-4-22;1-2-5(1)6-3-7-8-4-6/h1,3,5-9,22H,2,4H2,(H2,17,21)(H,19,20,23);3-5H,1-2H2. The molecule has 4 aromatic rings. The molecule has 1 aliphatic carbocycles. The second kappa shape index (κ2) is 9.59. The zero-order chi connectivity index (χ0) is 21.6. The fraction of sp³-hybridized carbons (Fsp3) is 0.227. The van der Waals surface area contributed by atoms with E-state index in [0.29, 0.717) is 35.5 Å². The van der Waals surface area contributed by atoms with E-state index in [-0.39, 0.29) is 6.61 Å². The number of anilines is 2. The maximum absolute atomic E-state index is 10.6. The summed E-state index contributed by atoms with van der Waals surface area (Å²) in [6.07, 6.45) is 10.8. The van der Waals surface area contributed by atoms with Crippen molar-refractivity contribution >= 4 is 40.4 Å². The second-order valence-electron chi connectivity index (χ2n) is 7.18. The van der Waals surface area contributed by atoms with Crippen molar-refractivity contribution in [3.8, 4) is 11.3 Å². The fourth-order valence-corrected chi connectivity index (χ4v) is 3.89. The zero-order valence-electron chi connectivity index (χ0n) is 16.7. The summed E-state index contributed by atoms with van der Waals surface area (Å²) in [5.74, 6) is 1.67. The Bertz CT molecular complexity index is 1180. The molecule has 1 saturated carbocycles. The molecule has 0 atom stereocenters. The zero-order valence-corrected chi connectivity index (χ0v) is 17.5. The predicted molar refractivity (Wildman–Crippen MR) is 122 cm³/mol. The van der Waals surface area contributed by atoms with Gasteiger partial charge in [-0.15, -0.1) is 0 Å². The first-order chi connectivity index (χ1) is 15.2. The van der Waals surface area contributed by atoms with E-state index in [1.54, 1.807) is 36.2 Å². The number of aromatic nitrogens is 4. The highest BCUT2D eigenvalue weighted by atomic mass is 32.1. The number of hydrogen-bond acceptors (Lipinski definition) is 8. The van der Waals surface area contributed by atoms with E-state index in [1.165, 1.54) is 18.4 Å². The molecule has 4 N–H and O–H groups in total. The van der Waals surface area contributed by atoms with E-state index in [1.807, 2.05) is 18.3 Å². The Kier molecular flexibility index (Phi) is 6.44. The van der Waals surface area contributed by atoms with Gasteiger partial charge in [-0.25, -0.2) is 14.3 Å². The van der Waals surface area contributed by atoms with Crippen LogP contribution in [0.5, 0.6) is 0 Å². The van der Waals surface area contributed by atoms with Gasteiger partial charge in [-0.1, -0.05) is 0 Å². The molecule has 4 aromatic heterocycles. The fourth-order valence-electron chi connectivity index (χ4n) is 3.27. The Hall–Kier alpha value is -3.43. The normalized spacial score (nSPS) is 12.8. The molecular weight excluding hydrogens is 412 g/mol. The summed E-state index contributed by atoms with van der Waals surface area (Å²) in [6, 6.07) is 5.44. The van der Waals surface area contributed by atoms with Crippen LogP contribution in [0.2, 0.25) is 0 Å². The molecule has 0 saturated heterocycles.